The SMILES string of the molecule is CC(C)(C#N)C(=O)N1CCc2ccc([N+](=O)[O-])cc21. The van der Waals surface area contributed by atoms with Crippen molar-refractivity contribution in [3.05, 3.63) is 33.9 Å². The van der Waals surface area contributed by atoms with Gasteiger partial charge in [0.1, 0.15) is 5.41 Å². The van der Waals surface area contributed by atoms with Crippen molar-refractivity contribution in [2.24, 2.45) is 5.41 Å². The molecule has 0 N–H and O–H groups in total. The molecule has 6 nitrogen and oxygen atoms in total. The molecule has 1 aliphatic rings. The molecular weight excluding hydrogens is 246 g/mol. The predicted octanol–water partition coefficient (Wildman–Crippen LogP) is 2.03. The molecule has 0 unspecified atom stereocenters. The molecule has 19 heavy (non-hydrogen) atoms. The van der Waals surface area contributed by atoms with E-state index in [4.69, 9.17) is 5.26 Å². The third kappa shape index (κ3) is 2.15. The third-order valence-corrected chi connectivity index (χ3v) is 3.23. The molecule has 0 fully saturated rings. The highest BCUT2D eigenvalue weighted by Gasteiger charge is 2.36. The van der Waals surface area contributed by atoms with Gasteiger partial charge in [-0.15, -0.1) is 0 Å². The lowest BCUT2D eigenvalue weighted by Crippen LogP contribution is -2.39. The summed E-state index contributed by atoms with van der Waals surface area (Å²) < 4.78 is 0. The van der Waals surface area contributed by atoms with E-state index in [1.165, 1.54) is 17.0 Å². The first-order valence-corrected chi connectivity index (χ1v) is 5.87. The van der Waals surface area contributed by atoms with E-state index in [2.05, 4.69) is 0 Å². The summed E-state index contributed by atoms with van der Waals surface area (Å²) in [5.41, 5.74) is 0.259. The molecule has 1 amide bonds. The average Bonchev–Trinajstić information content (AvgIpc) is 2.80. The zero-order valence-electron chi connectivity index (χ0n) is 10.7. The van der Waals surface area contributed by atoms with Crippen molar-refractivity contribution in [2.75, 3.05) is 11.4 Å². The van der Waals surface area contributed by atoms with Crippen LogP contribution in [0, 0.1) is 26.9 Å². The van der Waals surface area contributed by atoms with Crippen molar-refractivity contribution in [2.45, 2.75) is 20.3 Å². The van der Waals surface area contributed by atoms with Crippen molar-refractivity contribution in [1.82, 2.24) is 0 Å². The van der Waals surface area contributed by atoms with Crippen molar-refractivity contribution in [3.8, 4) is 6.07 Å². The molecule has 1 heterocycles. The van der Waals surface area contributed by atoms with Crippen LogP contribution in [-0.2, 0) is 11.2 Å². The number of fused-ring (bicyclic) bond motifs is 1. The lowest BCUT2D eigenvalue weighted by Gasteiger charge is -2.24. The van der Waals surface area contributed by atoms with E-state index in [1.807, 2.05) is 6.07 Å². The molecule has 0 spiro atoms. The van der Waals surface area contributed by atoms with Gasteiger partial charge in [0.05, 0.1) is 16.7 Å². The van der Waals surface area contributed by atoms with Gasteiger partial charge in [0.25, 0.3) is 5.69 Å². The first kappa shape index (κ1) is 13.0. The second-order valence-electron chi connectivity index (χ2n) is 5.01. The first-order chi connectivity index (χ1) is 8.86. The highest BCUT2D eigenvalue weighted by atomic mass is 16.6. The monoisotopic (exact) mass is 259 g/mol. The number of nitro benzene ring substituents is 1. The predicted molar refractivity (Wildman–Crippen MR) is 68.5 cm³/mol. The van der Waals surface area contributed by atoms with Crippen LogP contribution in [0.25, 0.3) is 0 Å². The van der Waals surface area contributed by atoms with Crippen LogP contribution >= 0.6 is 0 Å². The molecule has 0 radical (unpaired) electrons. The van der Waals surface area contributed by atoms with Gasteiger partial charge in [-0.3, -0.25) is 14.9 Å². The summed E-state index contributed by atoms with van der Waals surface area (Å²) in [6.45, 7) is 3.55. The molecule has 0 saturated heterocycles. The molecule has 1 aromatic carbocycles. The summed E-state index contributed by atoms with van der Waals surface area (Å²) in [6, 6.07) is 6.46. The van der Waals surface area contributed by atoms with Gasteiger partial charge < -0.3 is 4.90 Å². The van der Waals surface area contributed by atoms with Gasteiger partial charge in [-0.1, -0.05) is 6.07 Å². The van der Waals surface area contributed by atoms with Crippen LogP contribution in [0.4, 0.5) is 11.4 Å². The third-order valence-electron chi connectivity index (χ3n) is 3.23. The fourth-order valence-corrected chi connectivity index (χ4v) is 2.08. The fourth-order valence-electron chi connectivity index (χ4n) is 2.08. The van der Waals surface area contributed by atoms with Gasteiger partial charge in [-0.25, -0.2) is 0 Å². The van der Waals surface area contributed by atoms with E-state index in [0.717, 1.165) is 5.56 Å². The van der Waals surface area contributed by atoms with Gasteiger partial charge >= 0.3 is 0 Å². The number of carbonyl (C=O) groups excluding carboxylic acids is 1. The quantitative estimate of drug-likeness (QED) is 0.600. The lowest BCUT2D eigenvalue weighted by atomic mass is 9.94. The number of carbonyl (C=O) groups is 1. The first-order valence-electron chi connectivity index (χ1n) is 5.87. The summed E-state index contributed by atoms with van der Waals surface area (Å²) >= 11 is 0. The number of benzene rings is 1. The van der Waals surface area contributed by atoms with Crippen molar-refractivity contribution in [3.63, 3.8) is 0 Å². The Kier molecular flexibility index (Phi) is 2.98. The fraction of sp³-hybridized carbons (Fsp3) is 0.385. The topological polar surface area (TPSA) is 87.2 Å². The Labute approximate surface area is 110 Å². The number of nitro groups is 1. The minimum atomic E-state index is -1.13. The number of amides is 1. The Hall–Kier alpha value is -2.42. The largest absolute Gasteiger partial charge is 0.310 e. The van der Waals surface area contributed by atoms with Crippen molar-refractivity contribution in [1.29, 1.82) is 5.26 Å². The Morgan fingerprint density at radius 2 is 2.21 bits per heavy atom. The summed E-state index contributed by atoms with van der Waals surface area (Å²) in [5, 5.41) is 19.8. The van der Waals surface area contributed by atoms with Crippen molar-refractivity contribution < 1.29 is 9.72 Å². The zero-order chi connectivity index (χ0) is 14.2. The van der Waals surface area contributed by atoms with Crippen LogP contribution in [-0.4, -0.2) is 17.4 Å². The van der Waals surface area contributed by atoms with E-state index in [0.29, 0.717) is 18.7 Å². The molecule has 0 bridgehead atoms. The Bertz CT molecular complexity index is 602. The summed E-state index contributed by atoms with van der Waals surface area (Å²) in [6.07, 6.45) is 0.653. The minimum absolute atomic E-state index is 0.0480. The highest BCUT2D eigenvalue weighted by molar-refractivity contribution is 6.00. The molecule has 0 saturated carbocycles. The van der Waals surface area contributed by atoms with Crippen LogP contribution in [0.5, 0.6) is 0 Å². The van der Waals surface area contributed by atoms with Crippen LogP contribution in [0.15, 0.2) is 18.2 Å². The molecule has 98 valence electrons. The Balaban J connectivity index is 2.42. The van der Waals surface area contributed by atoms with E-state index >= 15 is 0 Å². The average molecular weight is 259 g/mol. The van der Waals surface area contributed by atoms with Crippen LogP contribution in [0.1, 0.15) is 19.4 Å². The number of nitrogens with zero attached hydrogens (tertiary/aromatic N) is 3. The molecule has 0 atom stereocenters. The van der Waals surface area contributed by atoms with E-state index in [1.54, 1.807) is 19.9 Å². The van der Waals surface area contributed by atoms with Gasteiger partial charge in [-0.05, 0) is 25.8 Å². The molecule has 2 rings (SSSR count). The smallest absolute Gasteiger partial charge is 0.271 e. The highest BCUT2D eigenvalue weighted by Crippen LogP contribution is 2.34. The van der Waals surface area contributed by atoms with Gasteiger partial charge in [0, 0.05) is 18.7 Å². The van der Waals surface area contributed by atoms with Gasteiger partial charge in [0.2, 0.25) is 5.91 Å². The number of hydrogen-bond donors (Lipinski definition) is 0. The normalized spacial score (nSPS) is 13.8. The second-order valence-corrected chi connectivity index (χ2v) is 5.01. The maximum atomic E-state index is 12.3. The minimum Gasteiger partial charge on any atom is -0.310 e. The molecule has 6 heteroatoms. The maximum absolute atomic E-state index is 12.3. The molecule has 0 aromatic heterocycles. The number of anilines is 1. The number of hydrogen-bond acceptors (Lipinski definition) is 4. The Morgan fingerprint density at radius 1 is 1.53 bits per heavy atom. The lowest BCUT2D eigenvalue weighted by molar-refractivity contribution is -0.384. The standard InChI is InChI=1S/C13H13N3O3/c1-13(2,8-14)12(17)15-6-5-9-3-4-10(16(18)19)7-11(9)15/h3-4,7H,5-6H2,1-2H3. The Morgan fingerprint density at radius 3 is 2.79 bits per heavy atom. The number of rotatable bonds is 2. The van der Waals surface area contributed by atoms with E-state index in [-0.39, 0.29) is 11.6 Å². The van der Waals surface area contributed by atoms with Gasteiger partial charge in [-0.2, -0.15) is 5.26 Å². The number of non-ortho nitro benzene ring substituents is 1. The van der Waals surface area contributed by atoms with E-state index < -0.39 is 10.3 Å². The molecular formula is C13H13N3O3. The summed E-state index contributed by atoms with van der Waals surface area (Å²) in [7, 11) is 0. The summed E-state index contributed by atoms with van der Waals surface area (Å²) in [4.78, 5) is 24.0. The zero-order valence-corrected chi connectivity index (χ0v) is 10.7. The van der Waals surface area contributed by atoms with Crippen molar-refractivity contribution >= 4 is 17.3 Å². The molecule has 1 aromatic rings. The summed E-state index contributed by atoms with van der Waals surface area (Å²) in [5.74, 6) is -0.325. The van der Waals surface area contributed by atoms with Crippen LogP contribution in [0.3, 0.4) is 0 Å². The van der Waals surface area contributed by atoms with Crippen LogP contribution < -0.4 is 4.90 Å². The van der Waals surface area contributed by atoms with Crippen LogP contribution in [0.2, 0.25) is 0 Å². The molecule has 0 aliphatic carbocycles. The number of nitriles is 1. The molecule has 1 aliphatic heterocycles. The second kappa shape index (κ2) is 4.35. The van der Waals surface area contributed by atoms with Gasteiger partial charge in [0.15, 0.2) is 0 Å². The maximum Gasteiger partial charge on any atom is 0.271 e. The van der Waals surface area contributed by atoms with E-state index in [9.17, 15) is 14.9 Å².